The van der Waals surface area contributed by atoms with Gasteiger partial charge in [-0.3, -0.25) is 20.2 Å². The SMILES string of the molecule is CC(C)(C)OC(=O)N1CC(Nc2ccc(Br)cc2[N+](=O)[O-])C1.O=[N+]([O-])c1cc(Br)ccc1F. The summed E-state index contributed by atoms with van der Waals surface area (Å²) in [5.74, 6) is -0.821. The van der Waals surface area contributed by atoms with E-state index in [1.165, 1.54) is 12.1 Å². The Kier molecular flexibility index (Phi) is 8.72. The molecule has 3 rings (SSSR count). The number of ether oxygens (including phenoxy) is 1. The number of benzene rings is 2. The minimum absolute atomic E-state index is 0.00472. The Morgan fingerprint density at radius 2 is 1.58 bits per heavy atom. The molecule has 0 aromatic heterocycles. The minimum atomic E-state index is -0.821. The van der Waals surface area contributed by atoms with E-state index in [-0.39, 0.29) is 17.8 Å². The Labute approximate surface area is 205 Å². The van der Waals surface area contributed by atoms with Gasteiger partial charge in [0, 0.05) is 34.2 Å². The van der Waals surface area contributed by atoms with E-state index in [0.29, 0.717) is 27.7 Å². The lowest BCUT2D eigenvalue weighted by Crippen LogP contribution is -2.57. The average Bonchev–Trinajstić information content (AvgIpc) is 2.65. The number of nitro benzene ring substituents is 2. The Hall–Kier alpha value is -2.80. The molecule has 1 amide bonds. The molecule has 1 heterocycles. The molecule has 0 atom stereocenters. The molecule has 0 spiro atoms. The Morgan fingerprint density at radius 1 is 1.06 bits per heavy atom. The second kappa shape index (κ2) is 10.9. The number of carbonyl (C=O) groups excluding carboxylic acids is 1. The van der Waals surface area contributed by atoms with Gasteiger partial charge < -0.3 is 15.0 Å². The maximum Gasteiger partial charge on any atom is 0.410 e. The number of anilines is 1. The number of hydrogen-bond acceptors (Lipinski definition) is 7. The first-order valence-corrected chi connectivity index (χ1v) is 11.1. The van der Waals surface area contributed by atoms with E-state index in [1.54, 1.807) is 17.0 Å². The van der Waals surface area contributed by atoms with Crippen molar-refractivity contribution in [2.75, 3.05) is 18.4 Å². The molecule has 33 heavy (non-hydrogen) atoms. The first-order chi connectivity index (χ1) is 15.3. The van der Waals surface area contributed by atoms with E-state index < -0.39 is 27.0 Å². The van der Waals surface area contributed by atoms with Gasteiger partial charge in [0.25, 0.3) is 5.69 Å². The fourth-order valence-corrected chi connectivity index (χ4v) is 3.37. The highest BCUT2D eigenvalue weighted by molar-refractivity contribution is 9.10. The van der Waals surface area contributed by atoms with Crippen molar-refractivity contribution in [3.63, 3.8) is 0 Å². The Morgan fingerprint density at radius 3 is 2.06 bits per heavy atom. The van der Waals surface area contributed by atoms with Gasteiger partial charge in [-0.1, -0.05) is 31.9 Å². The summed E-state index contributed by atoms with van der Waals surface area (Å²) < 4.78 is 19.0. The fraction of sp³-hybridized carbons (Fsp3) is 0.350. The number of rotatable bonds is 4. The van der Waals surface area contributed by atoms with Crippen molar-refractivity contribution in [2.45, 2.75) is 32.4 Å². The van der Waals surface area contributed by atoms with Crippen molar-refractivity contribution in [1.29, 1.82) is 0 Å². The first kappa shape index (κ1) is 26.5. The van der Waals surface area contributed by atoms with Gasteiger partial charge >= 0.3 is 11.8 Å². The molecule has 0 aliphatic carbocycles. The molecule has 1 aliphatic rings. The Balaban J connectivity index is 0.000000294. The number of amides is 1. The smallest absolute Gasteiger partial charge is 0.410 e. The van der Waals surface area contributed by atoms with E-state index in [2.05, 4.69) is 37.2 Å². The van der Waals surface area contributed by atoms with E-state index >= 15 is 0 Å². The van der Waals surface area contributed by atoms with Crippen LogP contribution in [0.15, 0.2) is 45.3 Å². The number of nitro groups is 2. The van der Waals surface area contributed by atoms with Crippen LogP contribution in [0.25, 0.3) is 0 Å². The van der Waals surface area contributed by atoms with E-state index in [1.807, 2.05) is 20.8 Å². The van der Waals surface area contributed by atoms with Crippen molar-refractivity contribution in [3.05, 3.63) is 71.4 Å². The van der Waals surface area contributed by atoms with Gasteiger partial charge in [-0.2, -0.15) is 4.39 Å². The molecule has 2 aromatic rings. The molecule has 0 radical (unpaired) electrons. The summed E-state index contributed by atoms with van der Waals surface area (Å²) >= 11 is 6.21. The molecule has 0 unspecified atom stereocenters. The molecule has 1 N–H and O–H groups in total. The Bertz CT molecular complexity index is 1060. The van der Waals surface area contributed by atoms with Crippen LogP contribution in [0.5, 0.6) is 0 Å². The minimum Gasteiger partial charge on any atom is -0.444 e. The highest BCUT2D eigenvalue weighted by atomic mass is 79.9. The van der Waals surface area contributed by atoms with E-state index in [9.17, 15) is 29.4 Å². The second-order valence-electron chi connectivity index (χ2n) is 8.00. The third-order valence-electron chi connectivity index (χ3n) is 4.15. The predicted octanol–water partition coefficient (Wildman–Crippen LogP) is 5.88. The number of carbonyl (C=O) groups is 1. The van der Waals surface area contributed by atoms with Crippen LogP contribution in [0.4, 0.5) is 26.2 Å². The zero-order valence-corrected chi connectivity index (χ0v) is 21.1. The molecular weight excluding hydrogens is 571 g/mol. The van der Waals surface area contributed by atoms with Crippen molar-refractivity contribution in [1.82, 2.24) is 4.90 Å². The van der Waals surface area contributed by atoms with Crippen LogP contribution in [0.2, 0.25) is 0 Å². The molecule has 0 saturated carbocycles. The summed E-state index contributed by atoms with van der Waals surface area (Å²) in [5, 5.41) is 24.3. The van der Waals surface area contributed by atoms with Gasteiger partial charge in [-0.25, -0.2) is 4.79 Å². The standard InChI is InChI=1S/C14H18BrN3O4.C6H3BrFNO2/c1-14(2,3)22-13(19)17-7-10(8-17)16-11-5-4-9(15)6-12(11)18(20)21;7-4-1-2-5(8)6(3-4)9(10)11/h4-6,10,16H,7-8H2,1-3H3;1-3H. The van der Waals surface area contributed by atoms with Crippen LogP contribution < -0.4 is 5.32 Å². The summed E-state index contributed by atoms with van der Waals surface area (Å²) in [6, 6.07) is 8.39. The molecule has 1 aliphatic heterocycles. The van der Waals surface area contributed by atoms with Crippen molar-refractivity contribution >= 4 is 55.0 Å². The van der Waals surface area contributed by atoms with Gasteiger partial charge in [0.1, 0.15) is 11.3 Å². The maximum absolute atomic E-state index is 12.6. The van der Waals surface area contributed by atoms with E-state index in [4.69, 9.17) is 4.74 Å². The lowest BCUT2D eigenvalue weighted by Gasteiger charge is -2.40. The third-order valence-corrected chi connectivity index (χ3v) is 5.14. The zero-order chi connectivity index (χ0) is 24.9. The monoisotopic (exact) mass is 590 g/mol. The molecular formula is C20H21Br2FN4O6. The predicted molar refractivity (Wildman–Crippen MR) is 127 cm³/mol. The summed E-state index contributed by atoms with van der Waals surface area (Å²) in [4.78, 5) is 33.4. The van der Waals surface area contributed by atoms with Crippen LogP contribution in [0, 0.1) is 26.0 Å². The van der Waals surface area contributed by atoms with Crippen molar-refractivity contribution < 1.29 is 23.8 Å². The molecule has 1 fully saturated rings. The highest BCUT2D eigenvalue weighted by Gasteiger charge is 2.34. The number of nitrogens with one attached hydrogen (secondary N) is 1. The summed E-state index contributed by atoms with van der Waals surface area (Å²) in [6.45, 7) is 6.35. The average molecular weight is 592 g/mol. The summed E-state index contributed by atoms with van der Waals surface area (Å²) in [7, 11) is 0. The molecule has 0 bridgehead atoms. The lowest BCUT2D eigenvalue weighted by atomic mass is 10.1. The molecule has 1 saturated heterocycles. The fourth-order valence-electron chi connectivity index (χ4n) is 2.67. The number of halogens is 3. The largest absolute Gasteiger partial charge is 0.444 e. The molecule has 2 aromatic carbocycles. The molecule has 13 heteroatoms. The van der Waals surface area contributed by atoms with Gasteiger partial charge in [0.15, 0.2) is 0 Å². The highest BCUT2D eigenvalue weighted by Crippen LogP contribution is 2.30. The molecule has 10 nitrogen and oxygen atoms in total. The zero-order valence-electron chi connectivity index (χ0n) is 17.9. The number of nitrogens with zero attached hydrogens (tertiary/aromatic N) is 3. The first-order valence-electron chi connectivity index (χ1n) is 9.54. The number of hydrogen-bond donors (Lipinski definition) is 1. The van der Waals surface area contributed by atoms with Gasteiger partial charge in [-0.05, 0) is 45.0 Å². The van der Waals surface area contributed by atoms with Crippen LogP contribution in [-0.2, 0) is 4.74 Å². The summed E-state index contributed by atoms with van der Waals surface area (Å²) in [6.07, 6.45) is -0.365. The summed E-state index contributed by atoms with van der Waals surface area (Å²) in [5.41, 5.74) is -0.591. The quantitative estimate of drug-likeness (QED) is 0.347. The maximum atomic E-state index is 12.6. The lowest BCUT2D eigenvalue weighted by molar-refractivity contribution is -0.387. The van der Waals surface area contributed by atoms with Crippen molar-refractivity contribution in [3.8, 4) is 0 Å². The van der Waals surface area contributed by atoms with Gasteiger partial charge in [-0.15, -0.1) is 0 Å². The third kappa shape index (κ3) is 7.93. The van der Waals surface area contributed by atoms with Crippen LogP contribution in [-0.4, -0.2) is 45.6 Å². The van der Waals surface area contributed by atoms with Crippen LogP contribution in [0.1, 0.15) is 20.8 Å². The van der Waals surface area contributed by atoms with Crippen LogP contribution >= 0.6 is 31.9 Å². The number of likely N-dealkylation sites (tertiary alicyclic amines) is 1. The normalized spacial score (nSPS) is 13.3. The second-order valence-corrected chi connectivity index (χ2v) is 9.83. The molecule has 178 valence electrons. The van der Waals surface area contributed by atoms with Gasteiger partial charge in [0.2, 0.25) is 5.82 Å². The van der Waals surface area contributed by atoms with E-state index in [0.717, 1.165) is 12.1 Å². The topological polar surface area (TPSA) is 128 Å². The van der Waals surface area contributed by atoms with Crippen molar-refractivity contribution in [2.24, 2.45) is 0 Å². The van der Waals surface area contributed by atoms with Crippen LogP contribution in [0.3, 0.4) is 0 Å². The van der Waals surface area contributed by atoms with Gasteiger partial charge in [0.05, 0.1) is 15.9 Å².